The van der Waals surface area contributed by atoms with Crippen molar-refractivity contribution >= 4 is 11.6 Å². The molecule has 0 aliphatic rings. The molecule has 1 aromatic rings. The standard InChI is InChI=1S/C10H11ClFN/c1-3-10(13)7-4-6(2)8(11)5-9(7)12/h3-5,10H,1,13H2,2H3/t10-/m1/s1. The van der Waals surface area contributed by atoms with Crippen LogP contribution in [0.1, 0.15) is 17.2 Å². The summed E-state index contributed by atoms with van der Waals surface area (Å²) >= 11 is 5.73. The second kappa shape index (κ2) is 3.90. The highest BCUT2D eigenvalue weighted by Gasteiger charge is 2.10. The van der Waals surface area contributed by atoms with Crippen LogP contribution in [0.25, 0.3) is 0 Å². The Bertz CT molecular complexity index is 336. The lowest BCUT2D eigenvalue weighted by Gasteiger charge is -2.09. The lowest BCUT2D eigenvalue weighted by molar-refractivity contribution is 0.602. The Morgan fingerprint density at radius 1 is 1.62 bits per heavy atom. The van der Waals surface area contributed by atoms with Crippen LogP contribution in [0.5, 0.6) is 0 Å². The highest BCUT2D eigenvalue weighted by Crippen LogP contribution is 2.23. The number of hydrogen-bond acceptors (Lipinski definition) is 1. The first-order valence-corrected chi connectivity index (χ1v) is 4.27. The Hall–Kier alpha value is -0.860. The Morgan fingerprint density at radius 3 is 2.77 bits per heavy atom. The number of benzene rings is 1. The van der Waals surface area contributed by atoms with E-state index in [1.165, 1.54) is 12.1 Å². The summed E-state index contributed by atoms with van der Waals surface area (Å²) in [5.74, 6) is -0.386. The largest absolute Gasteiger partial charge is 0.321 e. The minimum Gasteiger partial charge on any atom is -0.321 e. The fraction of sp³-hybridized carbons (Fsp3) is 0.200. The first kappa shape index (κ1) is 10.2. The van der Waals surface area contributed by atoms with E-state index in [9.17, 15) is 4.39 Å². The molecule has 1 rings (SSSR count). The van der Waals surface area contributed by atoms with Crippen LogP contribution in [0.2, 0.25) is 5.02 Å². The maximum atomic E-state index is 13.3. The highest BCUT2D eigenvalue weighted by molar-refractivity contribution is 6.31. The molecule has 1 atom stereocenters. The summed E-state index contributed by atoms with van der Waals surface area (Å²) < 4.78 is 13.3. The SMILES string of the molecule is C=C[C@@H](N)c1cc(C)c(Cl)cc1F. The highest BCUT2D eigenvalue weighted by atomic mass is 35.5. The molecular weight excluding hydrogens is 189 g/mol. The van der Waals surface area contributed by atoms with Crippen LogP contribution in [-0.2, 0) is 0 Å². The van der Waals surface area contributed by atoms with Gasteiger partial charge in [0, 0.05) is 10.6 Å². The van der Waals surface area contributed by atoms with Gasteiger partial charge in [-0.25, -0.2) is 4.39 Å². The molecule has 0 saturated carbocycles. The van der Waals surface area contributed by atoms with Crippen molar-refractivity contribution in [2.45, 2.75) is 13.0 Å². The summed E-state index contributed by atoms with van der Waals surface area (Å²) in [5, 5.41) is 0.414. The van der Waals surface area contributed by atoms with E-state index in [1.807, 2.05) is 0 Å². The van der Waals surface area contributed by atoms with Crippen LogP contribution in [0.4, 0.5) is 4.39 Å². The van der Waals surface area contributed by atoms with Crippen molar-refractivity contribution in [2.75, 3.05) is 0 Å². The van der Waals surface area contributed by atoms with Gasteiger partial charge >= 0.3 is 0 Å². The molecule has 0 unspecified atom stereocenters. The Kier molecular flexibility index (Phi) is 3.07. The zero-order valence-corrected chi connectivity index (χ0v) is 8.11. The van der Waals surface area contributed by atoms with Crippen LogP contribution in [0, 0.1) is 12.7 Å². The molecule has 0 spiro atoms. The predicted molar refractivity (Wildman–Crippen MR) is 53.3 cm³/mol. The fourth-order valence-corrected chi connectivity index (χ4v) is 1.21. The molecule has 0 aliphatic carbocycles. The number of halogens is 2. The smallest absolute Gasteiger partial charge is 0.129 e. The van der Waals surface area contributed by atoms with Gasteiger partial charge in [0.25, 0.3) is 0 Å². The Morgan fingerprint density at radius 2 is 2.23 bits per heavy atom. The van der Waals surface area contributed by atoms with Crippen LogP contribution in [0.15, 0.2) is 24.8 Å². The number of aryl methyl sites for hydroxylation is 1. The number of hydrogen-bond donors (Lipinski definition) is 1. The van der Waals surface area contributed by atoms with Gasteiger partial charge < -0.3 is 5.73 Å². The van der Waals surface area contributed by atoms with E-state index in [-0.39, 0.29) is 5.82 Å². The third-order valence-corrected chi connectivity index (χ3v) is 2.30. The fourth-order valence-electron chi connectivity index (χ4n) is 1.06. The summed E-state index contributed by atoms with van der Waals surface area (Å²) in [6, 6.07) is 2.44. The molecule has 1 aromatic carbocycles. The molecule has 1 nitrogen and oxygen atoms in total. The van der Waals surface area contributed by atoms with Gasteiger partial charge in [0.2, 0.25) is 0 Å². The van der Waals surface area contributed by atoms with Crippen LogP contribution >= 0.6 is 11.6 Å². The minimum absolute atomic E-state index is 0.386. The van der Waals surface area contributed by atoms with Crippen LogP contribution < -0.4 is 5.73 Å². The van der Waals surface area contributed by atoms with Crippen molar-refractivity contribution in [2.24, 2.45) is 5.73 Å². The second-order valence-electron chi connectivity index (χ2n) is 2.88. The maximum absolute atomic E-state index is 13.3. The molecule has 70 valence electrons. The molecule has 0 fully saturated rings. The van der Waals surface area contributed by atoms with Crippen LogP contribution in [0.3, 0.4) is 0 Å². The normalized spacial score (nSPS) is 12.6. The molecule has 0 saturated heterocycles. The number of nitrogens with two attached hydrogens (primary N) is 1. The van der Waals surface area contributed by atoms with Crippen molar-refractivity contribution in [3.63, 3.8) is 0 Å². The van der Waals surface area contributed by atoms with Crippen molar-refractivity contribution in [1.29, 1.82) is 0 Å². The minimum atomic E-state index is -0.476. The molecule has 0 aliphatic heterocycles. The van der Waals surface area contributed by atoms with Crippen molar-refractivity contribution in [3.05, 3.63) is 46.8 Å². The monoisotopic (exact) mass is 199 g/mol. The van der Waals surface area contributed by atoms with E-state index < -0.39 is 6.04 Å². The van der Waals surface area contributed by atoms with Crippen LogP contribution in [-0.4, -0.2) is 0 Å². The molecule has 0 aromatic heterocycles. The summed E-state index contributed by atoms with van der Waals surface area (Å²) in [5.41, 5.74) is 6.86. The van der Waals surface area contributed by atoms with Gasteiger partial charge in [-0.05, 0) is 24.6 Å². The zero-order valence-electron chi connectivity index (χ0n) is 7.35. The van der Waals surface area contributed by atoms with Gasteiger partial charge in [-0.1, -0.05) is 17.7 Å². The van der Waals surface area contributed by atoms with Gasteiger partial charge in [-0.2, -0.15) is 0 Å². The predicted octanol–water partition coefficient (Wildman–Crippen LogP) is 2.97. The Labute approximate surface area is 82.0 Å². The molecule has 0 amide bonds. The second-order valence-corrected chi connectivity index (χ2v) is 3.29. The van der Waals surface area contributed by atoms with Gasteiger partial charge in [0.05, 0.1) is 6.04 Å². The van der Waals surface area contributed by atoms with E-state index in [0.717, 1.165) is 5.56 Å². The van der Waals surface area contributed by atoms with Gasteiger partial charge in [-0.3, -0.25) is 0 Å². The average molecular weight is 200 g/mol. The third-order valence-electron chi connectivity index (χ3n) is 1.89. The van der Waals surface area contributed by atoms with Crippen molar-refractivity contribution in [3.8, 4) is 0 Å². The molecular formula is C10H11ClFN. The number of rotatable bonds is 2. The van der Waals surface area contributed by atoms with E-state index in [0.29, 0.717) is 10.6 Å². The third kappa shape index (κ3) is 2.08. The van der Waals surface area contributed by atoms with E-state index >= 15 is 0 Å². The summed E-state index contributed by atoms with van der Waals surface area (Å²) in [4.78, 5) is 0. The van der Waals surface area contributed by atoms with Crippen molar-refractivity contribution in [1.82, 2.24) is 0 Å². The molecule has 0 heterocycles. The maximum Gasteiger partial charge on any atom is 0.129 e. The first-order chi connectivity index (χ1) is 6.06. The van der Waals surface area contributed by atoms with Gasteiger partial charge in [0.15, 0.2) is 0 Å². The van der Waals surface area contributed by atoms with E-state index in [2.05, 4.69) is 6.58 Å². The average Bonchev–Trinajstić information content (AvgIpc) is 2.10. The van der Waals surface area contributed by atoms with E-state index in [4.69, 9.17) is 17.3 Å². The van der Waals surface area contributed by atoms with Gasteiger partial charge in [0.1, 0.15) is 5.82 Å². The summed E-state index contributed by atoms with van der Waals surface area (Å²) in [7, 11) is 0. The Balaban J connectivity index is 3.22. The molecule has 3 heteroatoms. The summed E-state index contributed by atoms with van der Waals surface area (Å²) in [6.07, 6.45) is 1.49. The molecule has 13 heavy (non-hydrogen) atoms. The lowest BCUT2D eigenvalue weighted by Crippen LogP contribution is -2.09. The molecule has 0 radical (unpaired) electrons. The first-order valence-electron chi connectivity index (χ1n) is 3.90. The van der Waals surface area contributed by atoms with E-state index in [1.54, 1.807) is 13.0 Å². The quantitative estimate of drug-likeness (QED) is 0.729. The topological polar surface area (TPSA) is 26.0 Å². The van der Waals surface area contributed by atoms with Crippen molar-refractivity contribution < 1.29 is 4.39 Å². The summed E-state index contributed by atoms with van der Waals surface area (Å²) in [6.45, 7) is 5.31. The van der Waals surface area contributed by atoms with Gasteiger partial charge in [-0.15, -0.1) is 6.58 Å². The zero-order chi connectivity index (χ0) is 10.0. The molecule has 2 N–H and O–H groups in total. The molecule has 0 bridgehead atoms. The lowest BCUT2D eigenvalue weighted by atomic mass is 10.0.